The average molecular weight is 467 g/mol. The van der Waals surface area contributed by atoms with Crippen molar-refractivity contribution >= 4 is 39.9 Å². The molecule has 33 heavy (non-hydrogen) atoms. The molecule has 1 aromatic carbocycles. The van der Waals surface area contributed by atoms with Gasteiger partial charge in [-0.15, -0.1) is 11.3 Å². The molecular formula is C23H30N8OS. The first-order chi connectivity index (χ1) is 15.9. The van der Waals surface area contributed by atoms with Crippen LogP contribution in [0.3, 0.4) is 0 Å². The molecule has 174 valence electrons. The topological polar surface area (TPSA) is 144 Å². The van der Waals surface area contributed by atoms with E-state index in [4.69, 9.17) is 11.5 Å². The number of rotatable bonds is 7. The van der Waals surface area contributed by atoms with Gasteiger partial charge < -0.3 is 22.1 Å². The minimum atomic E-state index is -0.299. The second kappa shape index (κ2) is 10.1. The molecule has 1 aliphatic rings. The van der Waals surface area contributed by atoms with Gasteiger partial charge in [-0.25, -0.2) is 19.9 Å². The number of nitrogens with zero attached hydrogens (tertiary/aromatic N) is 4. The minimum absolute atomic E-state index is 0.0292. The molecule has 0 bridgehead atoms. The third kappa shape index (κ3) is 5.57. The standard InChI is InChI=1S/C23H30N8OS/c1-13-7-8-16-15(11-13)20(29-17-5-3-4-6-18(17)30-23(24)25)31-21(28-16)22(32)26-10-9-19-14(2)27-12-33-19/h7-8,11-12,17-18H,3-6,9-10H2,1-2H3,(H,26,32)(H4,24,25,30)(H,28,29,31)/t17-,18+/m0/s1. The summed E-state index contributed by atoms with van der Waals surface area (Å²) >= 11 is 1.59. The molecule has 1 fully saturated rings. The van der Waals surface area contributed by atoms with Gasteiger partial charge >= 0.3 is 0 Å². The van der Waals surface area contributed by atoms with Crippen molar-refractivity contribution in [1.29, 1.82) is 0 Å². The molecule has 3 aromatic rings. The lowest BCUT2D eigenvalue weighted by atomic mass is 9.90. The first-order valence-electron chi connectivity index (χ1n) is 11.2. The van der Waals surface area contributed by atoms with Crippen molar-refractivity contribution in [2.75, 3.05) is 11.9 Å². The van der Waals surface area contributed by atoms with Crippen LogP contribution in [0.1, 0.15) is 52.4 Å². The van der Waals surface area contributed by atoms with Gasteiger partial charge in [0.1, 0.15) is 5.82 Å². The number of thiazole rings is 1. The number of guanidine groups is 1. The van der Waals surface area contributed by atoms with Crippen LogP contribution in [0.15, 0.2) is 28.7 Å². The van der Waals surface area contributed by atoms with E-state index < -0.39 is 0 Å². The molecule has 0 saturated heterocycles. The van der Waals surface area contributed by atoms with Gasteiger partial charge in [-0.2, -0.15) is 0 Å². The van der Waals surface area contributed by atoms with E-state index >= 15 is 0 Å². The Morgan fingerprint density at radius 3 is 2.79 bits per heavy atom. The van der Waals surface area contributed by atoms with Crippen molar-refractivity contribution in [2.45, 2.75) is 58.0 Å². The van der Waals surface area contributed by atoms with Crippen LogP contribution < -0.4 is 22.1 Å². The summed E-state index contributed by atoms with van der Waals surface area (Å²) in [5, 5.41) is 7.35. The second-order valence-electron chi connectivity index (χ2n) is 8.44. The summed E-state index contributed by atoms with van der Waals surface area (Å²) in [7, 11) is 0. The number of benzene rings is 1. The largest absolute Gasteiger partial charge is 0.370 e. The lowest BCUT2D eigenvalue weighted by Gasteiger charge is -2.30. The second-order valence-corrected chi connectivity index (χ2v) is 9.38. The van der Waals surface area contributed by atoms with E-state index in [1.54, 1.807) is 11.3 Å². The number of aromatic nitrogens is 3. The number of fused-ring (bicyclic) bond motifs is 1. The average Bonchev–Trinajstić information content (AvgIpc) is 3.19. The van der Waals surface area contributed by atoms with Crippen LogP contribution in [0.4, 0.5) is 5.82 Å². The smallest absolute Gasteiger partial charge is 0.289 e. The number of aliphatic imine (C=N–C) groups is 1. The Balaban J connectivity index is 1.58. The summed E-state index contributed by atoms with van der Waals surface area (Å²) < 4.78 is 0. The molecule has 2 aromatic heterocycles. The molecule has 2 atom stereocenters. The number of carbonyl (C=O) groups excluding carboxylic acids is 1. The summed E-state index contributed by atoms with van der Waals surface area (Å²) in [5.41, 5.74) is 16.0. The lowest BCUT2D eigenvalue weighted by Crippen LogP contribution is -2.38. The molecule has 10 heteroatoms. The van der Waals surface area contributed by atoms with Crippen LogP contribution in [0.5, 0.6) is 0 Å². The Hall–Kier alpha value is -3.27. The van der Waals surface area contributed by atoms with Crippen LogP contribution >= 0.6 is 11.3 Å². The number of hydrogen-bond acceptors (Lipinski definition) is 7. The van der Waals surface area contributed by atoms with Crippen molar-refractivity contribution in [3.05, 3.63) is 45.7 Å². The van der Waals surface area contributed by atoms with Gasteiger partial charge in [0.15, 0.2) is 5.96 Å². The molecule has 1 aliphatic carbocycles. The third-order valence-corrected chi connectivity index (χ3v) is 6.90. The molecule has 6 N–H and O–H groups in total. The molecule has 4 rings (SSSR count). The fourth-order valence-corrected chi connectivity index (χ4v) is 4.97. The lowest BCUT2D eigenvalue weighted by molar-refractivity contribution is 0.0944. The molecule has 0 spiro atoms. The van der Waals surface area contributed by atoms with Gasteiger partial charge in [-0.3, -0.25) is 4.79 Å². The van der Waals surface area contributed by atoms with E-state index in [0.29, 0.717) is 12.4 Å². The molecular weight excluding hydrogens is 436 g/mol. The molecule has 9 nitrogen and oxygen atoms in total. The van der Waals surface area contributed by atoms with Crippen molar-refractivity contribution in [3.8, 4) is 0 Å². The van der Waals surface area contributed by atoms with E-state index in [9.17, 15) is 4.79 Å². The number of nitrogens with one attached hydrogen (secondary N) is 2. The molecule has 0 radical (unpaired) electrons. The number of nitrogens with two attached hydrogens (primary N) is 2. The monoisotopic (exact) mass is 466 g/mol. The summed E-state index contributed by atoms with van der Waals surface area (Å²) in [5.74, 6) is 0.569. The quantitative estimate of drug-likeness (QED) is 0.309. The fourth-order valence-electron chi connectivity index (χ4n) is 4.19. The SMILES string of the molecule is Cc1ccc2nc(C(=O)NCCc3scnc3C)nc(N[C@H]3CCCC[C@H]3N=C(N)N)c2c1. The fraction of sp³-hybridized carbons (Fsp3) is 0.435. The van der Waals surface area contributed by atoms with Crippen molar-refractivity contribution in [1.82, 2.24) is 20.3 Å². The number of amides is 1. The van der Waals surface area contributed by atoms with E-state index in [1.165, 1.54) is 0 Å². The molecule has 0 unspecified atom stereocenters. The van der Waals surface area contributed by atoms with Gasteiger partial charge in [0.2, 0.25) is 5.82 Å². The Bertz CT molecular complexity index is 1170. The van der Waals surface area contributed by atoms with Gasteiger partial charge in [0.05, 0.1) is 28.8 Å². The number of carbonyl (C=O) groups is 1. The highest BCUT2D eigenvalue weighted by Gasteiger charge is 2.26. The molecule has 0 aliphatic heterocycles. The molecule has 1 amide bonds. The van der Waals surface area contributed by atoms with Gasteiger partial charge in [-0.05, 0) is 38.8 Å². The maximum atomic E-state index is 12.9. The number of hydrogen-bond donors (Lipinski definition) is 4. The first-order valence-corrected chi connectivity index (χ1v) is 12.1. The first kappa shape index (κ1) is 22.9. The highest BCUT2D eigenvalue weighted by Crippen LogP contribution is 2.28. The van der Waals surface area contributed by atoms with Crippen LogP contribution in [0, 0.1) is 13.8 Å². The van der Waals surface area contributed by atoms with Crippen molar-refractivity contribution < 1.29 is 4.79 Å². The molecule has 1 saturated carbocycles. The summed E-state index contributed by atoms with van der Waals surface area (Å²) in [6.07, 6.45) is 4.72. The van der Waals surface area contributed by atoms with Crippen LogP contribution in [-0.4, -0.2) is 45.4 Å². The number of aryl methyl sites for hydroxylation is 2. The maximum Gasteiger partial charge on any atom is 0.289 e. The summed E-state index contributed by atoms with van der Waals surface area (Å²) in [6, 6.07) is 5.94. The highest BCUT2D eigenvalue weighted by molar-refractivity contribution is 7.09. The van der Waals surface area contributed by atoms with E-state index in [-0.39, 0.29) is 29.8 Å². The highest BCUT2D eigenvalue weighted by atomic mass is 32.1. The van der Waals surface area contributed by atoms with Gasteiger partial charge in [-0.1, -0.05) is 24.5 Å². The maximum absolute atomic E-state index is 12.9. The number of anilines is 1. The zero-order valence-corrected chi connectivity index (χ0v) is 19.8. The Labute approximate surface area is 197 Å². The Morgan fingerprint density at radius 1 is 1.21 bits per heavy atom. The molecule has 2 heterocycles. The van der Waals surface area contributed by atoms with Crippen molar-refractivity contribution in [2.24, 2.45) is 16.5 Å². The van der Waals surface area contributed by atoms with E-state index in [1.807, 2.05) is 37.6 Å². The Kier molecular flexibility index (Phi) is 7.02. The van der Waals surface area contributed by atoms with E-state index in [2.05, 4.69) is 30.6 Å². The third-order valence-electron chi connectivity index (χ3n) is 5.90. The summed E-state index contributed by atoms with van der Waals surface area (Å²) in [4.78, 5) is 31.9. The normalized spacial score (nSPS) is 18.1. The van der Waals surface area contributed by atoms with Crippen LogP contribution in [-0.2, 0) is 6.42 Å². The van der Waals surface area contributed by atoms with Crippen LogP contribution in [0.2, 0.25) is 0 Å². The Morgan fingerprint density at radius 2 is 2.03 bits per heavy atom. The predicted molar refractivity (Wildman–Crippen MR) is 133 cm³/mol. The van der Waals surface area contributed by atoms with Gasteiger partial charge in [0.25, 0.3) is 5.91 Å². The minimum Gasteiger partial charge on any atom is -0.370 e. The zero-order chi connectivity index (χ0) is 23.4. The predicted octanol–water partition coefficient (Wildman–Crippen LogP) is 2.67. The van der Waals surface area contributed by atoms with E-state index in [0.717, 1.165) is 59.1 Å². The zero-order valence-electron chi connectivity index (χ0n) is 19.0. The summed E-state index contributed by atoms with van der Waals surface area (Å²) in [6.45, 7) is 4.49. The van der Waals surface area contributed by atoms with Gasteiger partial charge in [0, 0.05) is 23.2 Å². The van der Waals surface area contributed by atoms with Crippen molar-refractivity contribution in [3.63, 3.8) is 0 Å². The van der Waals surface area contributed by atoms with Crippen LogP contribution in [0.25, 0.3) is 10.9 Å².